The molecule has 1 aromatic heterocycles. The smallest absolute Gasteiger partial charge is 0.249 e. The van der Waals surface area contributed by atoms with Gasteiger partial charge in [-0.1, -0.05) is 18.7 Å². The molecular weight excluding hydrogens is 376 g/mol. The molecule has 1 fully saturated rings. The van der Waals surface area contributed by atoms with Crippen LogP contribution >= 0.6 is 0 Å². The van der Waals surface area contributed by atoms with E-state index in [2.05, 4.69) is 28.5 Å². The van der Waals surface area contributed by atoms with Gasteiger partial charge in [-0.25, -0.2) is 4.98 Å². The fourth-order valence-electron chi connectivity index (χ4n) is 3.73. The van der Waals surface area contributed by atoms with Crippen LogP contribution in [-0.2, 0) is 9.53 Å². The van der Waals surface area contributed by atoms with E-state index in [-0.39, 0.29) is 5.91 Å². The Kier molecular flexibility index (Phi) is 7.97. The third-order valence-corrected chi connectivity index (χ3v) is 5.55. The van der Waals surface area contributed by atoms with Crippen LogP contribution < -0.4 is 5.01 Å². The highest BCUT2D eigenvalue weighted by Gasteiger charge is 2.23. The zero-order valence-corrected chi connectivity index (χ0v) is 18.1. The maximum atomic E-state index is 12.2. The Morgan fingerprint density at radius 2 is 2.20 bits per heavy atom. The summed E-state index contributed by atoms with van der Waals surface area (Å²) >= 11 is 0. The summed E-state index contributed by atoms with van der Waals surface area (Å²) in [6.07, 6.45) is 12.0. The molecule has 3 heterocycles. The van der Waals surface area contributed by atoms with Crippen LogP contribution in [0.2, 0.25) is 0 Å². The highest BCUT2D eigenvalue weighted by Crippen LogP contribution is 2.20. The van der Waals surface area contributed by atoms with Crippen LogP contribution in [0.5, 0.6) is 0 Å². The number of ether oxygens (including phenoxy) is 1. The van der Waals surface area contributed by atoms with Gasteiger partial charge in [0.05, 0.1) is 12.3 Å². The molecule has 0 saturated carbocycles. The predicted octanol–water partition coefficient (Wildman–Crippen LogP) is 4.47. The van der Waals surface area contributed by atoms with Crippen LogP contribution in [0.25, 0.3) is 0 Å². The van der Waals surface area contributed by atoms with Gasteiger partial charge in [-0.3, -0.25) is 4.79 Å². The highest BCUT2D eigenvalue weighted by atomic mass is 16.5. The number of hydrazone groups is 1. The number of hydrogen-bond acceptors (Lipinski definition) is 5. The molecule has 6 heteroatoms. The highest BCUT2D eigenvalue weighted by molar-refractivity contribution is 6.09. The van der Waals surface area contributed by atoms with Gasteiger partial charge in [-0.2, -0.15) is 10.1 Å². The number of aromatic nitrogens is 1. The molecule has 0 aliphatic carbocycles. The number of likely N-dealkylation sites (tertiary alicyclic amines) is 1. The van der Waals surface area contributed by atoms with Crippen LogP contribution in [-0.4, -0.2) is 47.2 Å². The molecular formula is C24H32N4O2. The van der Waals surface area contributed by atoms with Crippen LogP contribution in [0, 0.1) is 0 Å². The van der Waals surface area contributed by atoms with E-state index in [0.717, 1.165) is 30.0 Å². The number of allylic oxidation sites excluding steroid dienone is 4. The molecule has 1 aromatic rings. The van der Waals surface area contributed by atoms with E-state index >= 15 is 0 Å². The third kappa shape index (κ3) is 5.89. The topological polar surface area (TPSA) is 58.0 Å². The molecule has 6 nitrogen and oxygen atoms in total. The number of carbonyl (C=O) groups excluding carboxylic acids is 1. The first kappa shape index (κ1) is 22.0. The van der Waals surface area contributed by atoms with E-state index in [1.54, 1.807) is 12.3 Å². The molecule has 0 unspecified atom stereocenters. The molecule has 0 bridgehead atoms. The van der Waals surface area contributed by atoms with Gasteiger partial charge in [0, 0.05) is 31.6 Å². The Hall–Kier alpha value is -2.73. The Bertz CT molecular complexity index is 829. The summed E-state index contributed by atoms with van der Waals surface area (Å²) in [6.45, 7) is 11.4. The van der Waals surface area contributed by atoms with Crippen molar-refractivity contribution in [3.8, 4) is 0 Å². The molecule has 0 spiro atoms. The Labute approximate surface area is 179 Å². The summed E-state index contributed by atoms with van der Waals surface area (Å²) in [5.41, 5.74) is 1.56. The van der Waals surface area contributed by atoms with Crippen LogP contribution in [0.15, 0.2) is 65.6 Å². The Morgan fingerprint density at radius 3 is 2.90 bits per heavy atom. The normalized spacial score (nSPS) is 20.7. The largest absolute Gasteiger partial charge is 0.494 e. The second-order valence-corrected chi connectivity index (χ2v) is 7.72. The van der Waals surface area contributed by atoms with E-state index in [9.17, 15) is 4.79 Å². The minimum absolute atomic E-state index is 0.0565. The number of pyridine rings is 1. The van der Waals surface area contributed by atoms with Crippen molar-refractivity contribution in [3.63, 3.8) is 0 Å². The Morgan fingerprint density at radius 1 is 1.33 bits per heavy atom. The lowest BCUT2D eigenvalue weighted by Crippen LogP contribution is -2.32. The van der Waals surface area contributed by atoms with Gasteiger partial charge in [0.25, 0.3) is 0 Å². The van der Waals surface area contributed by atoms with Crippen molar-refractivity contribution in [1.29, 1.82) is 0 Å². The first-order valence-corrected chi connectivity index (χ1v) is 10.8. The van der Waals surface area contributed by atoms with E-state index in [1.165, 1.54) is 24.4 Å². The lowest BCUT2D eigenvalue weighted by molar-refractivity contribution is -0.118. The molecule has 1 amide bonds. The third-order valence-electron chi connectivity index (χ3n) is 5.55. The van der Waals surface area contributed by atoms with E-state index in [1.807, 2.05) is 37.3 Å². The van der Waals surface area contributed by atoms with Gasteiger partial charge in [0.2, 0.25) is 5.91 Å². The number of carbonyl (C=O) groups is 1. The van der Waals surface area contributed by atoms with Crippen molar-refractivity contribution in [1.82, 2.24) is 9.88 Å². The van der Waals surface area contributed by atoms with Crippen molar-refractivity contribution in [2.45, 2.75) is 52.0 Å². The average molecular weight is 409 g/mol. The van der Waals surface area contributed by atoms with Gasteiger partial charge in [0.15, 0.2) is 5.82 Å². The predicted molar refractivity (Wildman–Crippen MR) is 121 cm³/mol. The number of nitrogens with zero attached hydrogens (tertiary/aromatic N) is 4. The van der Waals surface area contributed by atoms with Crippen molar-refractivity contribution >= 4 is 17.4 Å². The van der Waals surface area contributed by atoms with Gasteiger partial charge in [-0.05, 0) is 69.5 Å². The summed E-state index contributed by atoms with van der Waals surface area (Å²) < 4.78 is 5.92. The molecule has 0 aromatic carbocycles. The molecule has 1 atom stereocenters. The summed E-state index contributed by atoms with van der Waals surface area (Å²) in [5.74, 6) is 1.29. The molecule has 0 N–H and O–H groups in total. The fraction of sp³-hybridized carbons (Fsp3) is 0.458. The summed E-state index contributed by atoms with van der Waals surface area (Å²) in [7, 11) is 0. The maximum absolute atomic E-state index is 12.2. The molecule has 0 radical (unpaired) electrons. The van der Waals surface area contributed by atoms with Gasteiger partial charge >= 0.3 is 0 Å². The fourth-order valence-corrected chi connectivity index (χ4v) is 3.73. The minimum Gasteiger partial charge on any atom is -0.494 e. The van der Waals surface area contributed by atoms with Crippen molar-refractivity contribution in [2.75, 3.05) is 24.7 Å². The summed E-state index contributed by atoms with van der Waals surface area (Å²) in [5, 5.41) is 5.85. The van der Waals surface area contributed by atoms with Gasteiger partial charge in [-0.15, -0.1) is 0 Å². The van der Waals surface area contributed by atoms with Gasteiger partial charge < -0.3 is 9.64 Å². The maximum Gasteiger partial charge on any atom is 0.249 e. The first-order chi connectivity index (χ1) is 14.6. The molecule has 30 heavy (non-hydrogen) atoms. The monoisotopic (exact) mass is 408 g/mol. The van der Waals surface area contributed by atoms with Crippen molar-refractivity contribution in [3.05, 3.63) is 60.5 Å². The molecule has 2 aliphatic heterocycles. The second-order valence-electron chi connectivity index (χ2n) is 7.72. The van der Waals surface area contributed by atoms with Crippen LogP contribution in [0.3, 0.4) is 0 Å². The quantitative estimate of drug-likeness (QED) is 0.344. The summed E-state index contributed by atoms with van der Waals surface area (Å²) in [6, 6.07) is 6.13. The Balaban J connectivity index is 1.52. The van der Waals surface area contributed by atoms with Crippen LogP contribution in [0.4, 0.5) is 5.82 Å². The zero-order chi connectivity index (χ0) is 21.3. The summed E-state index contributed by atoms with van der Waals surface area (Å²) in [4.78, 5) is 19.0. The number of anilines is 1. The molecule has 1 saturated heterocycles. The van der Waals surface area contributed by atoms with E-state index in [4.69, 9.17) is 4.74 Å². The van der Waals surface area contributed by atoms with Crippen molar-refractivity contribution in [2.24, 2.45) is 5.10 Å². The zero-order valence-electron chi connectivity index (χ0n) is 18.1. The molecule has 160 valence electrons. The second kappa shape index (κ2) is 10.9. The first-order valence-electron chi connectivity index (χ1n) is 10.8. The van der Waals surface area contributed by atoms with Crippen LogP contribution in [0.1, 0.15) is 46.0 Å². The lowest BCUT2D eigenvalue weighted by atomic mass is 10.1. The van der Waals surface area contributed by atoms with Gasteiger partial charge in [0.1, 0.15) is 5.76 Å². The van der Waals surface area contributed by atoms with E-state index < -0.39 is 0 Å². The van der Waals surface area contributed by atoms with Crippen molar-refractivity contribution < 1.29 is 9.53 Å². The number of rotatable bonds is 9. The van der Waals surface area contributed by atoms with E-state index in [0.29, 0.717) is 31.3 Å². The number of hydrogen-bond donors (Lipinski definition) is 0. The lowest BCUT2D eigenvalue weighted by Gasteiger charge is -2.22. The molecule has 3 rings (SSSR count). The minimum atomic E-state index is -0.0565. The standard InChI is InChI=1S/C24H32N4O2/c1-4-21(30-18-8-17-27-16-7-9-20(27)3)12-11-19(2)22-13-14-24(29)28(26-22)23-10-5-6-15-25-23/h4-6,10-12,15,20H,2,7-9,13-14,16-18H2,1,3H3/b12-11-,21-4+/t20-/m1/s1. The SMILES string of the molecule is C=C(/C=C\C(=C/C)OCCCN1CCC[C@H]1C)C1=NN(c2ccccn2)C(=O)CC1. The number of amides is 1. The average Bonchev–Trinajstić information content (AvgIpc) is 3.18. The molecule has 2 aliphatic rings.